The van der Waals surface area contributed by atoms with Crippen LogP contribution in [0.4, 0.5) is 0 Å². The Kier molecular flexibility index (Phi) is 2.06. The lowest BCUT2D eigenvalue weighted by Gasteiger charge is -2.31. The Morgan fingerprint density at radius 3 is 2.17 bits per heavy atom. The summed E-state index contributed by atoms with van der Waals surface area (Å²) >= 11 is 0. The van der Waals surface area contributed by atoms with Gasteiger partial charge in [-0.2, -0.15) is 0 Å². The van der Waals surface area contributed by atoms with Gasteiger partial charge in [-0.3, -0.25) is 7.57 Å². The van der Waals surface area contributed by atoms with Crippen molar-refractivity contribution < 1.29 is 0 Å². The minimum absolute atomic E-state index is 1.08. The number of benzene rings is 1. The van der Waals surface area contributed by atoms with Gasteiger partial charge in [0.2, 0.25) is 0 Å². The molecule has 0 saturated carbocycles. The van der Waals surface area contributed by atoms with Crippen LogP contribution >= 0.6 is 7.14 Å². The van der Waals surface area contributed by atoms with E-state index in [-0.39, 0.29) is 0 Å². The molecule has 0 aromatic heterocycles. The SMILES string of the molecule is [B-][P+]1(c2ccccc2)CC=CC1. The fourth-order valence-corrected chi connectivity index (χ4v) is 3.92. The topological polar surface area (TPSA) is 0 Å². The monoisotopic (exact) mass is 173 g/mol. The molecule has 0 nitrogen and oxygen atoms in total. The highest BCUT2D eigenvalue weighted by Gasteiger charge is 2.21. The minimum Gasteiger partial charge on any atom is -0.298 e. The van der Waals surface area contributed by atoms with Gasteiger partial charge in [0.15, 0.2) is 0 Å². The van der Waals surface area contributed by atoms with E-state index in [4.69, 9.17) is 7.57 Å². The van der Waals surface area contributed by atoms with E-state index in [1.807, 2.05) is 6.07 Å². The van der Waals surface area contributed by atoms with Crippen molar-refractivity contribution >= 4 is 20.0 Å². The molecule has 0 atom stereocenters. The molecule has 2 heteroatoms. The lowest BCUT2D eigenvalue weighted by Crippen LogP contribution is -2.12. The maximum absolute atomic E-state index is 6.33. The molecular weight excluding hydrogens is 162 g/mol. The maximum atomic E-state index is 6.33. The highest BCUT2D eigenvalue weighted by atomic mass is 31.2. The standard InChI is InChI=1S/C10H11BP/c11-12(8-4-5-9-12)10-6-2-1-3-7-10/h1-7H,8-9H2. The zero-order chi connectivity index (χ0) is 8.44. The molecule has 0 N–H and O–H groups in total. The summed E-state index contributed by atoms with van der Waals surface area (Å²) in [7, 11) is 5.05. The van der Waals surface area contributed by atoms with Crippen LogP contribution in [0.15, 0.2) is 42.5 Å². The number of allylic oxidation sites excluding steroid dienone is 2. The second-order valence-electron chi connectivity index (χ2n) is 3.21. The van der Waals surface area contributed by atoms with Gasteiger partial charge >= 0.3 is 0 Å². The van der Waals surface area contributed by atoms with Gasteiger partial charge in [-0.15, -0.1) is 0 Å². The summed E-state index contributed by atoms with van der Waals surface area (Å²) in [6.07, 6.45) is 6.58. The third-order valence-corrected chi connectivity index (χ3v) is 5.35. The number of hydrogen-bond donors (Lipinski definition) is 0. The van der Waals surface area contributed by atoms with Gasteiger partial charge in [-0.05, 0) is 12.1 Å². The Hall–Kier alpha value is -0.545. The molecule has 2 rings (SSSR count). The Morgan fingerprint density at radius 1 is 1.00 bits per heavy atom. The molecule has 59 valence electrons. The van der Waals surface area contributed by atoms with E-state index in [2.05, 4.69) is 36.4 Å². The van der Waals surface area contributed by atoms with Crippen LogP contribution < -0.4 is 5.30 Å². The molecule has 0 bridgehead atoms. The van der Waals surface area contributed by atoms with Crippen molar-refractivity contribution in [2.24, 2.45) is 0 Å². The molecule has 1 aliphatic rings. The zero-order valence-electron chi connectivity index (χ0n) is 6.98. The summed E-state index contributed by atoms with van der Waals surface area (Å²) in [4.78, 5) is 0. The summed E-state index contributed by atoms with van der Waals surface area (Å²) < 4.78 is 0. The average molecular weight is 173 g/mol. The molecule has 1 heterocycles. The van der Waals surface area contributed by atoms with E-state index in [1.54, 1.807) is 0 Å². The molecule has 3 radical (unpaired) electrons. The van der Waals surface area contributed by atoms with Crippen molar-refractivity contribution in [2.75, 3.05) is 12.3 Å². The van der Waals surface area contributed by atoms with Gasteiger partial charge in [0.25, 0.3) is 0 Å². The third kappa shape index (κ3) is 1.34. The molecule has 1 aliphatic heterocycles. The van der Waals surface area contributed by atoms with Crippen LogP contribution in [0.25, 0.3) is 0 Å². The summed E-state index contributed by atoms with van der Waals surface area (Å²) in [6.45, 7) is 0. The lowest BCUT2D eigenvalue weighted by atomic mass is 10.4. The van der Waals surface area contributed by atoms with Crippen LogP contribution in [0.1, 0.15) is 0 Å². The van der Waals surface area contributed by atoms with E-state index in [0.29, 0.717) is 0 Å². The Bertz CT molecular complexity index is 284. The van der Waals surface area contributed by atoms with Crippen molar-refractivity contribution in [1.82, 2.24) is 0 Å². The molecule has 0 saturated heterocycles. The smallest absolute Gasteiger partial charge is 0.0424 e. The first-order chi connectivity index (χ1) is 5.81. The molecule has 0 amide bonds. The quantitative estimate of drug-likeness (QED) is 0.346. The van der Waals surface area contributed by atoms with Crippen LogP contribution in [-0.4, -0.2) is 19.9 Å². The first-order valence-electron chi connectivity index (χ1n) is 4.17. The molecule has 0 fully saturated rings. The first-order valence-corrected chi connectivity index (χ1v) is 6.40. The van der Waals surface area contributed by atoms with Crippen molar-refractivity contribution in [2.45, 2.75) is 0 Å². The minimum atomic E-state index is -1.28. The molecule has 0 spiro atoms. The van der Waals surface area contributed by atoms with Crippen molar-refractivity contribution in [3.05, 3.63) is 42.5 Å². The van der Waals surface area contributed by atoms with Gasteiger partial charge in [0.1, 0.15) is 0 Å². The van der Waals surface area contributed by atoms with Crippen molar-refractivity contribution in [3.63, 3.8) is 0 Å². The molecule has 1 aromatic carbocycles. The molecule has 0 aliphatic carbocycles. The fraction of sp³-hybridized carbons (Fsp3) is 0.200. The summed E-state index contributed by atoms with van der Waals surface area (Å²) in [5.41, 5.74) is 0. The zero-order valence-corrected chi connectivity index (χ0v) is 7.87. The highest BCUT2D eigenvalue weighted by molar-refractivity contribution is 8.03. The van der Waals surface area contributed by atoms with Gasteiger partial charge in [-0.25, -0.2) is 7.14 Å². The molecule has 1 aromatic rings. The van der Waals surface area contributed by atoms with Crippen LogP contribution in [-0.2, 0) is 0 Å². The van der Waals surface area contributed by atoms with Crippen LogP contribution in [0.2, 0.25) is 0 Å². The lowest BCUT2D eigenvalue weighted by molar-refractivity contribution is 1.73. The summed E-state index contributed by atoms with van der Waals surface area (Å²) in [6, 6.07) is 10.5. The van der Waals surface area contributed by atoms with Crippen LogP contribution in [0, 0.1) is 0 Å². The molecular formula is C10H11BP. The predicted molar refractivity (Wildman–Crippen MR) is 57.6 cm³/mol. The van der Waals surface area contributed by atoms with Gasteiger partial charge in [-0.1, -0.05) is 30.4 Å². The normalized spacial score (nSPS) is 19.8. The second-order valence-corrected chi connectivity index (χ2v) is 6.52. The van der Waals surface area contributed by atoms with E-state index in [1.165, 1.54) is 5.30 Å². The van der Waals surface area contributed by atoms with Gasteiger partial charge in [0.05, 0.1) is 0 Å². The van der Waals surface area contributed by atoms with Gasteiger partial charge < -0.3 is 0 Å². The van der Waals surface area contributed by atoms with Crippen molar-refractivity contribution in [3.8, 4) is 0 Å². The number of rotatable bonds is 1. The van der Waals surface area contributed by atoms with Gasteiger partial charge in [0, 0.05) is 17.6 Å². The van der Waals surface area contributed by atoms with Crippen molar-refractivity contribution in [1.29, 1.82) is 0 Å². The molecule has 12 heavy (non-hydrogen) atoms. The molecule has 0 unspecified atom stereocenters. The largest absolute Gasteiger partial charge is 0.298 e. The first kappa shape index (κ1) is 8.07. The predicted octanol–water partition coefficient (Wildman–Crippen LogP) is 1.98. The Labute approximate surface area is 75.4 Å². The van der Waals surface area contributed by atoms with E-state index in [0.717, 1.165) is 12.3 Å². The Morgan fingerprint density at radius 2 is 1.58 bits per heavy atom. The third-order valence-electron chi connectivity index (χ3n) is 2.30. The Balaban J connectivity index is 2.31. The van der Waals surface area contributed by atoms with E-state index >= 15 is 0 Å². The average Bonchev–Trinajstić information content (AvgIpc) is 2.55. The van der Waals surface area contributed by atoms with Crippen LogP contribution in [0.3, 0.4) is 0 Å². The highest BCUT2D eigenvalue weighted by Crippen LogP contribution is 2.55. The maximum Gasteiger partial charge on any atom is 0.0424 e. The fourth-order valence-electron chi connectivity index (χ4n) is 1.54. The van der Waals surface area contributed by atoms with E-state index in [9.17, 15) is 0 Å². The van der Waals surface area contributed by atoms with E-state index < -0.39 is 7.14 Å². The second kappa shape index (κ2) is 3.07. The number of hydrogen-bond acceptors (Lipinski definition) is 0. The van der Waals surface area contributed by atoms with Crippen LogP contribution in [0.5, 0.6) is 0 Å². The summed E-state index contributed by atoms with van der Waals surface area (Å²) in [5, 5.41) is 1.36. The summed E-state index contributed by atoms with van der Waals surface area (Å²) in [5.74, 6) is 0.